The van der Waals surface area contributed by atoms with Gasteiger partial charge in [-0.15, -0.1) is 0 Å². The summed E-state index contributed by atoms with van der Waals surface area (Å²) in [4.78, 5) is 21.4. The van der Waals surface area contributed by atoms with E-state index >= 15 is 0 Å². The molecule has 0 radical (unpaired) electrons. The first kappa shape index (κ1) is 19.2. The van der Waals surface area contributed by atoms with Gasteiger partial charge < -0.3 is 10.2 Å². The normalized spacial score (nSPS) is 14.6. The fourth-order valence-corrected chi connectivity index (χ4v) is 3.61. The number of nitrogens with zero attached hydrogens (tertiary/aromatic N) is 3. The maximum Gasteiger partial charge on any atom is 0.228 e. The van der Waals surface area contributed by atoms with Crippen LogP contribution in [0.4, 0.5) is 11.5 Å². The average Bonchev–Trinajstić information content (AvgIpc) is 2.77. The zero-order valence-corrected chi connectivity index (χ0v) is 16.5. The molecule has 5 heteroatoms. The van der Waals surface area contributed by atoms with Crippen LogP contribution in [0.15, 0.2) is 79.0 Å². The summed E-state index contributed by atoms with van der Waals surface area (Å²) in [5.41, 5.74) is 3.12. The van der Waals surface area contributed by atoms with Crippen LogP contribution in [-0.2, 0) is 17.8 Å². The number of carbonyl (C=O) groups is 1. The summed E-state index contributed by atoms with van der Waals surface area (Å²) < 4.78 is 0. The Labute approximate surface area is 172 Å². The molecule has 5 nitrogen and oxygen atoms in total. The Kier molecular flexibility index (Phi) is 6.17. The quantitative estimate of drug-likeness (QED) is 0.703. The molecule has 1 saturated heterocycles. The molecule has 0 bridgehead atoms. The second-order valence-corrected chi connectivity index (χ2v) is 7.36. The SMILES string of the molecule is O=C(Cc1ccccc1)Nc1ccc(CN2CCN(c3ccccn3)CC2)cc1. The molecule has 0 atom stereocenters. The van der Waals surface area contributed by atoms with E-state index < -0.39 is 0 Å². The van der Waals surface area contributed by atoms with E-state index in [1.807, 2.05) is 60.8 Å². The average molecular weight is 386 g/mol. The van der Waals surface area contributed by atoms with Gasteiger partial charge in [-0.1, -0.05) is 48.5 Å². The minimum absolute atomic E-state index is 0.00888. The molecule has 29 heavy (non-hydrogen) atoms. The smallest absolute Gasteiger partial charge is 0.228 e. The van der Waals surface area contributed by atoms with Crippen LogP contribution in [0.3, 0.4) is 0 Å². The lowest BCUT2D eigenvalue weighted by atomic mass is 10.1. The lowest BCUT2D eigenvalue weighted by Gasteiger charge is -2.35. The lowest BCUT2D eigenvalue weighted by Crippen LogP contribution is -2.46. The van der Waals surface area contributed by atoms with Gasteiger partial charge in [0.2, 0.25) is 5.91 Å². The minimum Gasteiger partial charge on any atom is -0.354 e. The number of anilines is 2. The zero-order valence-electron chi connectivity index (χ0n) is 16.5. The topological polar surface area (TPSA) is 48.5 Å². The molecule has 2 heterocycles. The zero-order chi connectivity index (χ0) is 19.9. The van der Waals surface area contributed by atoms with Crippen LogP contribution in [0.1, 0.15) is 11.1 Å². The van der Waals surface area contributed by atoms with E-state index in [4.69, 9.17) is 0 Å². The number of carbonyl (C=O) groups excluding carboxylic acids is 1. The molecule has 0 aliphatic carbocycles. The standard InChI is InChI=1S/C24H26N4O/c29-24(18-20-6-2-1-3-7-20)26-22-11-9-21(10-12-22)19-27-14-16-28(17-15-27)23-8-4-5-13-25-23/h1-13H,14-19H2,(H,26,29). The summed E-state index contributed by atoms with van der Waals surface area (Å²) in [6.07, 6.45) is 2.24. The minimum atomic E-state index is 0.00888. The van der Waals surface area contributed by atoms with Gasteiger partial charge in [0, 0.05) is 44.6 Å². The molecule has 1 aromatic heterocycles. The Hall–Kier alpha value is -3.18. The molecule has 1 aliphatic heterocycles. The highest BCUT2D eigenvalue weighted by atomic mass is 16.1. The van der Waals surface area contributed by atoms with E-state index in [0.29, 0.717) is 6.42 Å². The van der Waals surface area contributed by atoms with Crippen LogP contribution < -0.4 is 10.2 Å². The fourth-order valence-electron chi connectivity index (χ4n) is 3.61. The van der Waals surface area contributed by atoms with E-state index in [1.165, 1.54) is 5.56 Å². The second kappa shape index (κ2) is 9.34. The highest BCUT2D eigenvalue weighted by Gasteiger charge is 2.17. The molecule has 2 aromatic carbocycles. The van der Waals surface area contributed by atoms with Crippen LogP contribution in [-0.4, -0.2) is 42.0 Å². The summed E-state index contributed by atoms with van der Waals surface area (Å²) in [6, 6.07) is 24.0. The first-order valence-electron chi connectivity index (χ1n) is 10.1. The van der Waals surface area contributed by atoms with Gasteiger partial charge in [-0.25, -0.2) is 4.98 Å². The number of amides is 1. The van der Waals surface area contributed by atoms with Crippen LogP contribution in [0.25, 0.3) is 0 Å². The monoisotopic (exact) mass is 386 g/mol. The van der Waals surface area contributed by atoms with E-state index in [-0.39, 0.29) is 5.91 Å². The highest BCUT2D eigenvalue weighted by molar-refractivity contribution is 5.92. The lowest BCUT2D eigenvalue weighted by molar-refractivity contribution is -0.115. The van der Waals surface area contributed by atoms with E-state index in [2.05, 4.69) is 38.3 Å². The maximum atomic E-state index is 12.2. The number of benzene rings is 2. The summed E-state index contributed by atoms with van der Waals surface area (Å²) in [7, 11) is 0. The number of piperazine rings is 1. The predicted molar refractivity (Wildman–Crippen MR) is 117 cm³/mol. The van der Waals surface area contributed by atoms with Crippen molar-refractivity contribution in [3.8, 4) is 0 Å². The molecule has 1 N–H and O–H groups in total. The molecular weight excluding hydrogens is 360 g/mol. The summed E-state index contributed by atoms with van der Waals surface area (Å²) in [5.74, 6) is 1.07. The molecule has 0 saturated carbocycles. The Bertz CT molecular complexity index is 905. The largest absolute Gasteiger partial charge is 0.354 e. The summed E-state index contributed by atoms with van der Waals surface area (Å²) in [5, 5.41) is 2.98. The van der Waals surface area contributed by atoms with Crippen molar-refractivity contribution in [3.05, 3.63) is 90.1 Å². The van der Waals surface area contributed by atoms with Crippen molar-refractivity contribution >= 4 is 17.4 Å². The Balaban J connectivity index is 1.25. The van der Waals surface area contributed by atoms with E-state index in [1.54, 1.807) is 0 Å². The molecule has 1 aliphatic rings. The van der Waals surface area contributed by atoms with E-state index in [9.17, 15) is 4.79 Å². The third-order valence-electron chi connectivity index (χ3n) is 5.20. The molecular formula is C24H26N4O. The van der Waals surface area contributed by atoms with Crippen molar-refractivity contribution in [1.82, 2.24) is 9.88 Å². The van der Waals surface area contributed by atoms with Crippen molar-refractivity contribution in [2.75, 3.05) is 36.4 Å². The van der Waals surface area contributed by atoms with Crippen LogP contribution >= 0.6 is 0 Å². The van der Waals surface area contributed by atoms with Crippen molar-refractivity contribution < 1.29 is 4.79 Å². The van der Waals surface area contributed by atoms with Crippen LogP contribution in [0.2, 0.25) is 0 Å². The third-order valence-corrected chi connectivity index (χ3v) is 5.20. The van der Waals surface area contributed by atoms with Crippen molar-refractivity contribution in [2.45, 2.75) is 13.0 Å². The number of nitrogens with one attached hydrogen (secondary N) is 1. The summed E-state index contributed by atoms with van der Waals surface area (Å²) in [6.45, 7) is 4.95. The molecule has 0 spiro atoms. The predicted octanol–water partition coefficient (Wildman–Crippen LogP) is 3.59. The van der Waals surface area contributed by atoms with Gasteiger partial charge >= 0.3 is 0 Å². The molecule has 0 unspecified atom stereocenters. The number of hydrogen-bond acceptors (Lipinski definition) is 4. The van der Waals surface area contributed by atoms with Gasteiger partial charge in [-0.3, -0.25) is 9.69 Å². The van der Waals surface area contributed by atoms with Gasteiger partial charge in [0.05, 0.1) is 6.42 Å². The van der Waals surface area contributed by atoms with Crippen molar-refractivity contribution in [1.29, 1.82) is 0 Å². The Morgan fingerprint density at radius 1 is 0.828 bits per heavy atom. The van der Waals surface area contributed by atoms with Gasteiger partial charge in [0.25, 0.3) is 0 Å². The van der Waals surface area contributed by atoms with Gasteiger partial charge in [0.15, 0.2) is 0 Å². The second-order valence-electron chi connectivity index (χ2n) is 7.36. The number of pyridine rings is 1. The number of aromatic nitrogens is 1. The molecule has 148 valence electrons. The van der Waals surface area contributed by atoms with E-state index in [0.717, 1.165) is 49.8 Å². The third kappa shape index (κ3) is 5.42. The van der Waals surface area contributed by atoms with Gasteiger partial charge in [-0.05, 0) is 35.4 Å². The first-order chi connectivity index (χ1) is 14.3. The van der Waals surface area contributed by atoms with Gasteiger partial charge in [-0.2, -0.15) is 0 Å². The Morgan fingerprint density at radius 2 is 1.55 bits per heavy atom. The summed E-state index contributed by atoms with van der Waals surface area (Å²) >= 11 is 0. The maximum absolute atomic E-state index is 12.2. The molecule has 4 rings (SSSR count). The number of rotatable bonds is 6. The molecule has 1 amide bonds. The Morgan fingerprint density at radius 3 is 2.24 bits per heavy atom. The fraction of sp³-hybridized carbons (Fsp3) is 0.250. The van der Waals surface area contributed by atoms with Crippen molar-refractivity contribution in [2.24, 2.45) is 0 Å². The molecule has 3 aromatic rings. The molecule has 1 fully saturated rings. The van der Waals surface area contributed by atoms with Crippen molar-refractivity contribution in [3.63, 3.8) is 0 Å². The van der Waals surface area contributed by atoms with Crippen LogP contribution in [0, 0.1) is 0 Å². The highest BCUT2D eigenvalue weighted by Crippen LogP contribution is 2.16. The van der Waals surface area contributed by atoms with Crippen LogP contribution in [0.5, 0.6) is 0 Å². The van der Waals surface area contributed by atoms with Gasteiger partial charge in [0.1, 0.15) is 5.82 Å². The number of hydrogen-bond donors (Lipinski definition) is 1. The first-order valence-corrected chi connectivity index (χ1v) is 10.1.